The third-order valence-electron chi connectivity index (χ3n) is 4.10. The number of rotatable bonds is 9. The topological polar surface area (TPSA) is 15.3 Å². The quantitative estimate of drug-likeness (QED) is 0.731. The van der Waals surface area contributed by atoms with Crippen molar-refractivity contribution in [2.75, 3.05) is 26.2 Å². The van der Waals surface area contributed by atoms with E-state index in [0.29, 0.717) is 6.04 Å². The molecule has 0 fully saturated rings. The van der Waals surface area contributed by atoms with Gasteiger partial charge in [-0.2, -0.15) is 0 Å². The molecule has 1 aromatic carbocycles. The molecule has 0 aliphatic carbocycles. The number of hydrogen-bond acceptors (Lipinski definition) is 2. The maximum Gasteiger partial charge on any atom is 0.0449 e. The standard InChI is InChI=1S/C18H32N2/c1-6-9-12-20(8-3)14-18(19-7-2)17-11-10-15(4)16(5)13-17/h10-11,13,18-19H,6-9,12,14H2,1-5H3. The van der Waals surface area contributed by atoms with E-state index in [1.54, 1.807) is 0 Å². The first-order valence-corrected chi connectivity index (χ1v) is 8.15. The highest BCUT2D eigenvalue weighted by Gasteiger charge is 2.14. The zero-order valence-electron chi connectivity index (χ0n) is 14.0. The molecule has 0 aliphatic heterocycles. The Balaban J connectivity index is 2.78. The van der Waals surface area contributed by atoms with Crippen LogP contribution in [0.2, 0.25) is 0 Å². The molecule has 0 spiro atoms. The molecule has 0 aromatic heterocycles. The highest BCUT2D eigenvalue weighted by Crippen LogP contribution is 2.18. The predicted molar refractivity (Wildman–Crippen MR) is 89.4 cm³/mol. The number of unbranched alkanes of at least 4 members (excludes halogenated alkanes) is 1. The monoisotopic (exact) mass is 276 g/mol. The second kappa shape index (κ2) is 9.15. The van der Waals surface area contributed by atoms with Crippen LogP contribution in [0.4, 0.5) is 0 Å². The highest BCUT2D eigenvalue weighted by atomic mass is 15.1. The lowest BCUT2D eigenvalue weighted by Crippen LogP contribution is -2.35. The third-order valence-corrected chi connectivity index (χ3v) is 4.10. The molecule has 1 N–H and O–H groups in total. The van der Waals surface area contributed by atoms with Crippen LogP contribution in [0.1, 0.15) is 56.3 Å². The van der Waals surface area contributed by atoms with Gasteiger partial charge in [0.25, 0.3) is 0 Å². The van der Waals surface area contributed by atoms with Gasteiger partial charge in [0.15, 0.2) is 0 Å². The van der Waals surface area contributed by atoms with Crippen molar-refractivity contribution in [1.82, 2.24) is 10.2 Å². The van der Waals surface area contributed by atoms with Crippen molar-refractivity contribution in [3.63, 3.8) is 0 Å². The summed E-state index contributed by atoms with van der Waals surface area (Å²) in [5, 5.41) is 3.65. The van der Waals surface area contributed by atoms with E-state index >= 15 is 0 Å². The maximum absolute atomic E-state index is 3.65. The largest absolute Gasteiger partial charge is 0.309 e. The van der Waals surface area contributed by atoms with Crippen LogP contribution in [0.5, 0.6) is 0 Å². The van der Waals surface area contributed by atoms with Crippen LogP contribution in [0.3, 0.4) is 0 Å². The second-order valence-corrected chi connectivity index (χ2v) is 5.70. The first kappa shape index (κ1) is 17.2. The molecule has 1 atom stereocenters. The molecule has 114 valence electrons. The molecule has 0 saturated heterocycles. The van der Waals surface area contributed by atoms with E-state index < -0.39 is 0 Å². The molecule has 0 bridgehead atoms. The fraction of sp³-hybridized carbons (Fsp3) is 0.667. The summed E-state index contributed by atoms with van der Waals surface area (Å²) in [7, 11) is 0. The van der Waals surface area contributed by atoms with Gasteiger partial charge in [-0.15, -0.1) is 0 Å². The first-order chi connectivity index (χ1) is 9.62. The summed E-state index contributed by atoms with van der Waals surface area (Å²) in [6.45, 7) is 15.6. The van der Waals surface area contributed by atoms with Gasteiger partial charge >= 0.3 is 0 Å². The summed E-state index contributed by atoms with van der Waals surface area (Å²) in [6.07, 6.45) is 2.56. The Hall–Kier alpha value is -0.860. The van der Waals surface area contributed by atoms with Crippen LogP contribution in [-0.4, -0.2) is 31.1 Å². The zero-order valence-corrected chi connectivity index (χ0v) is 14.0. The van der Waals surface area contributed by atoms with Crippen molar-refractivity contribution in [1.29, 1.82) is 0 Å². The fourth-order valence-corrected chi connectivity index (χ4v) is 2.53. The Morgan fingerprint density at radius 3 is 2.40 bits per heavy atom. The molecular weight excluding hydrogens is 244 g/mol. The predicted octanol–water partition coefficient (Wildman–Crippen LogP) is 4.08. The van der Waals surface area contributed by atoms with E-state index in [1.807, 2.05) is 0 Å². The van der Waals surface area contributed by atoms with E-state index in [0.717, 1.165) is 19.6 Å². The number of nitrogens with zero attached hydrogens (tertiary/aromatic N) is 1. The zero-order chi connectivity index (χ0) is 15.0. The molecule has 0 saturated carbocycles. The van der Waals surface area contributed by atoms with Crippen LogP contribution in [0, 0.1) is 13.8 Å². The number of aryl methyl sites for hydroxylation is 2. The molecule has 1 aromatic rings. The average molecular weight is 276 g/mol. The molecule has 1 rings (SSSR count). The Morgan fingerprint density at radius 2 is 1.85 bits per heavy atom. The summed E-state index contributed by atoms with van der Waals surface area (Å²) >= 11 is 0. The second-order valence-electron chi connectivity index (χ2n) is 5.70. The van der Waals surface area contributed by atoms with Gasteiger partial charge in [-0.1, -0.05) is 45.4 Å². The minimum atomic E-state index is 0.441. The normalized spacial score (nSPS) is 12.9. The lowest BCUT2D eigenvalue weighted by molar-refractivity contribution is 0.251. The molecule has 2 heteroatoms. The first-order valence-electron chi connectivity index (χ1n) is 8.15. The summed E-state index contributed by atoms with van der Waals surface area (Å²) in [5.74, 6) is 0. The molecule has 0 radical (unpaired) electrons. The number of likely N-dealkylation sites (N-methyl/N-ethyl adjacent to an activating group) is 2. The molecule has 1 unspecified atom stereocenters. The molecule has 0 amide bonds. The van der Waals surface area contributed by atoms with Crippen LogP contribution in [0.15, 0.2) is 18.2 Å². The van der Waals surface area contributed by atoms with Crippen molar-refractivity contribution in [3.8, 4) is 0 Å². The minimum absolute atomic E-state index is 0.441. The van der Waals surface area contributed by atoms with Crippen LogP contribution in [-0.2, 0) is 0 Å². The number of hydrogen-bond donors (Lipinski definition) is 1. The van der Waals surface area contributed by atoms with Crippen LogP contribution < -0.4 is 5.32 Å². The van der Waals surface area contributed by atoms with Gasteiger partial charge in [0.2, 0.25) is 0 Å². The van der Waals surface area contributed by atoms with Crippen LogP contribution >= 0.6 is 0 Å². The molecule has 0 aliphatic rings. The molecule has 20 heavy (non-hydrogen) atoms. The van der Waals surface area contributed by atoms with Gasteiger partial charge < -0.3 is 10.2 Å². The summed E-state index contributed by atoms with van der Waals surface area (Å²) < 4.78 is 0. The molecule has 0 heterocycles. The van der Waals surface area contributed by atoms with Crippen molar-refractivity contribution in [2.24, 2.45) is 0 Å². The Kier molecular flexibility index (Phi) is 7.86. The van der Waals surface area contributed by atoms with E-state index in [-0.39, 0.29) is 0 Å². The van der Waals surface area contributed by atoms with E-state index in [4.69, 9.17) is 0 Å². The lowest BCUT2D eigenvalue weighted by Gasteiger charge is -2.27. The van der Waals surface area contributed by atoms with E-state index in [1.165, 1.54) is 36.1 Å². The SMILES string of the molecule is CCCCN(CC)CC(NCC)c1ccc(C)c(C)c1. The van der Waals surface area contributed by atoms with Gasteiger partial charge in [0.1, 0.15) is 0 Å². The highest BCUT2D eigenvalue weighted by molar-refractivity contribution is 5.31. The van der Waals surface area contributed by atoms with Gasteiger partial charge in [-0.3, -0.25) is 0 Å². The van der Waals surface area contributed by atoms with E-state index in [9.17, 15) is 0 Å². The lowest BCUT2D eigenvalue weighted by atomic mass is 10.0. The fourth-order valence-electron chi connectivity index (χ4n) is 2.53. The van der Waals surface area contributed by atoms with E-state index in [2.05, 4.69) is 63.0 Å². The van der Waals surface area contributed by atoms with Gasteiger partial charge in [-0.05, 0) is 56.6 Å². The van der Waals surface area contributed by atoms with Crippen molar-refractivity contribution >= 4 is 0 Å². The summed E-state index contributed by atoms with van der Waals surface area (Å²) in [6, 6.07) is 7.31. The maximum atomic E-state index is 3.65. The van der Waals surface area contributed by atoms with Gasteiger partial charge in [0.05, 0.1) is 0 Å². The van der Waals surface area contributed by atoms with Crippen molar-refractivity contribution in [3.05, 3.63) is 34.9 Å². The number of benzene rings is 1. The Labute approximate surface area is 125 Å². The summed E-state index contributed by atoms with van der Waals surface area (Å²) in [4.78, 5) is 2.56. The van der Waals surface area contributed by atoms with Crippen LogP contribution in [0.25, 0.3) is 0 Å². The summed E-state index contributed by atoms with van der Waals surface area (Å²) in [5.41, 5.74) is 4.19. The minimum Gasteiger partial charge on any atom is -0.309 e. The smallest absolute Gasteiger partial charge is 0.0449 e. The molecule has 2 nitrogen and oxygen atoms in total. The van der Waals surface area contributed by atoms with Gasteiger partial charge in [-0.25, -0.2) is 0 Å². The Bertz CT molecular complexity index is 387. The molecular formula is C18H32N2. The van der Waals surface area contributed by atoms with Crippen molar-refractivity contribution in [2.45, 2.75) is 53.5 Å². The Morgan fingerprint density at radius 1 is 1.10 bits per heavy atom. The average Bonchev–Trinajstić information content (AvgIpc) is 2.45. The third kappa shape index (κ3) is 5.26. The number of nitrogens with one attached hydrogen (secondary N) is 1. The van der Waals surface area contributed by atoms with Crippen molar-refractivity contribution < 1.29 is 0 Å². The van der Waals surface area contributed by atoms with Gasteiger partial charge in [0, 0.05) is 12.6 Å².